The van der Waals surface area contributed by atoms with Gasteiger partial charge in [-0.1, -0.05) is 12.1 Å². The van der Waals surface area contributed by atoms with Crippen molar-refractivity contribution in [3.05, 3.63) is 28.7 Å². The third kappa shape index (κ3) is 5.19. The van der Waals surface area contributed by atoms with Crippen molar-refractivity contribution in [1.82, 2.24) is 0 Å². The molecule has 0 bridgehead atoms. The van der Waals surface area contributed by atoms with Gasteiger partial charge in [0, 0.05) is 20.3 Å². The second kappa shape index (κ2) is 6.02. The van der Waals surface area contributed by atoms with E-state index in [0.717, 1.165) is 4.47 Å². The van der Waals surface area contributed by atoms with Crippen molar-refractivity contribution in [1.29, 1.82) is 0 Å². The van der Waals surface area contributed by atoms with E-state index >= 15 is 0 Å². The molecule has 0 fully saturated rings. The number of hydrogen-bond acceptors (Lipinski definition) is 4. The number of carbonyl (C=O) groups is 1. The lowest BCUT2D eigenvalue weighted by Crippen LogP contribution is -2.33. The normalized spacial score (nSPS) is 13.9. The number of esters is 1. The SMILES string of the molecule is CC(=O)OCCC(C)(O)Oc1ccccc1Br. The van der Waals surface area contributed by atoms with E-state index in [1.807, 2.05) is 18.2 Å². The highest BCUT2D eigenvalue weighted by Gasteiger charge is 2.23. The first-order valence-corrected chi connectivity index (χ1v) is 5.99. The first kappa shape index (κ1) is 14.0. The number of halogens is 1. The molecule has 1 rings (SSSR count). The molecule has 4 nitrogen and oxygen atoms in total. The molecule has 0 aliphatic carbocycles. The quantitative estimate of drug-likeness (QED) is 0.671. The lowest BCUT2D eigenvalue weighted by Gasteiger charge is -2.25. The van der Waals surface area contributed by atoms with Crippen molar-refractivity contribution in [3.63, 3.8) is 0 Å². The van der Waals surface area contributed by atoms with Crippen LogP contribution in [0.25, 0.3) is 0 Å². The predicted octanol–water partition coefficient (Wildman–Crippen LogP) is 2.49. The summed E-state index contributed by atoms with van der Waals surface area (Å²) in [5, 5.41) is 9.97. The average Bonchev–Trinajstić information content (AvgIpc) is 2.20. The molecular weight excluding hydrogens is 288 g/mol. The van der Waals surface area contributed by atoms with Gasteiger partial charge in [-0.25, -0.2) is 0 Å². The van der Waals surface area contributed by atoms with E-state index in [0.29, 0.717) is 5.75 Å². The Morgan fingerprint density at radius 1 is 1.47 bits per heavy atom. The van der Waals surface area contributed by atoms with Crippen molar-refractivity contribution < 1.29 is 19.4 Å². The number of benzene rings is 1. The lowest BCUT2D eigenvalue weighted by atomic mass is 10.2. The smallest absolute Gasteiger partial charge is 0.302 e. The molecule has 0 aliphatic heterocycles. The van der Waals surface area contributed by atoms with Crippen LogP contribution in [0.4, 0.5) is 0 Å². The van der Waals surface area contributed by atoms with Crippen LogP contribution in [-0.4, -0.2) is 23.5 Å². The Morgan fingerprint density at radius 2 is 2.12 bits per heavy atom. The van der Waals surface area contributed by atoms with Gasteiger partial charge < -0.3 is 14.6 Å². The maximum atomic E-state index is 10.6. The molecule has 0 aromatic heterocycles. The molecule has 17 heavy (non-hydrogen) atoms. The van der Waals surface area contributed by atoms with Gasteiger partial charge in [0.05, 0.1) is 11.1 Å². The molecule has 1 aromatic rings. The number of hydrogen-bond donors (Lipinski definition) is 1. The van der Waals surface area contributed by atoms with Gasteiger partial charge in [0.2, 0.25) is 5.79 Å². The first-order chi connectivity index (χ1) is 7.91. The summed E-state index contributed by atoms with van der Waals surface area (Å²) < 4.78 is 10.9. The van der Waals surface area contributed by atoms with Crippen LogP contribution in [0.1, 0.15) is 20.3 Å². The summed E-state index contributed by atoms with van der Waals surface area (Å²) in [6.07, 6.45) is 0.202. The van der Waals surface area contributed by atoms with E-state index in [1.165, 1.54) is 13.8 Å². The monoisotopic (exact) mass is 302 g/mol. The second-order valence-electron chi connectivity index (χ2n) is 3.80. The molecule has 0 heterocycles. The molecule has 0 radical (unpaired) electrons. The van der Waals surface area contributed by atoms with Crippen LogP contribution in [0.3, 0.4) is 0 Å². The standard InChI is InChI=1S/C12H15BrO4/c1-9(14)16-8-7-12(2,15)17-11-6-4-3-5-10(11)13/h3-6,15H,7-8H2,1-2H3. The van der Waals surface area contributed by atoms with Crippen LogP contribution in [-0.2, 0) is 9.53 Å². The summed E-state index contributed by atoms with van der Waals surface area (Å²) >= 11 is 3.32. The Labute approximate surface area is 109 Å². The fraction of sp³-hybridized carbons (Fsp3) is 0.417. The predicted molar refractivity (Wildman–Crippen MR) is 66.6 cm³/mol. The molecule has 0 aliphatic rings. The second-order valence-corrected chi connectivity index (χ2v) is 4.65. The molecule has 5 heteroatoms. The highest BCUT2D eigenvalue weighted by Crippen LogP contribution is 2.27. The van der Waals surface area contributed by atoms with E-state index in [2.05, 4.69) is 15.9 Å². The first-order valence-electron chi connectivity index (χ1n) is 5.20. The van der Waals surface area contributed by atoms with Gasteiger partial charge in [-0.3, -0.25) is 4.79 Å². The molecule has 0 amide bonds. The van der Waals surface area contributed by atoms with Gasteiger partial charge in [-0.2, -0.15) is 0 Å². The van der Waals surface area contributed by atoms with Crippen LogP contribution in [0, 0.1) is 0 Å². The third-order valence-electron chi connectivity index (χ3n) is 2.04. The molecule has 0 spiro atoms. The Balaban J connectivity index is 2.54. The fourth-order valence-corrected chi connectivity index (χ4v) is 1.57. The summed E-state index contributed by atoms with van der Waals surface area (Å²) in [5.74, 6) is -1.21. The van der Waals surface area contributed by atoms with Crippen LogP contribution in [0.15, 0.2) is 28.7 Å². The average molecular weight is 303 g/mol. The summed E-state index contributed by atoms with van der Waals surface area (Å²) in [4.78, 5) is 10.6. The van der Waals surface area contributed by atoms with E-state index in [4.69, 9.17) is 9.47 Å². The van der Waals surface area contributed by atoms with Crippen molar-refractivity contribution in [2.75, 3.05) is 6.61 Å². The molecular formula is C12H15BrO4. The van der Waals surface area contributed by atoms with Gasteiger partial charge >= 0.3 is 5.97 Å². The number of aliphatic hydroxyl groups is 1. The Kier molecular flexibility index (Phi) is 4.96. The van der Waals surface area contributed by atoms with Gasteiger partial charge in [0.15, 0.2) is 0 Å². The Hall–Kier alpha value is -1.07. The molecule has 94 valence electrons. The number of ether oxygens (including phenoxy) is 2. The maximum Gasteiger partial charge on any atom is 0.302 e. The minimum absolute atomic E-state index is 0.118. The lowest BCUT2D eigenvalue weighted by molar-refractivity contribution is -0.153. The van der Waals surface area contributed by atoms with Crippen LogP contribution in [0.5, 0.6) is 5.75 Å². The van der Waals surface area contributed by atoms with E-state index in [9.17, 15) is 9.90 Å². The fourth-order valence-electron chi connectivity index (χ4n) is 1.20. The summed E-state index contributed by atoms with van der Waals surface area (Å²) in [6.45, 7) is 2.96. The zero-order valence-corrected chi connectivity index (χ0v) is 11.4. The highest BCUT2D eigenvalue weighted by atomic mass is 79.9. The number of rotatable bonds is 5. The van der Waals surface area contributed by atoms with E-state index in [1.54, 1.807) is 6.07 Å². The molecule has 1 aromatic carbocycles. The van der Waals surface area contributed by atoms with Crippen LogP contribution in [0.2, 0.25) is 0 Å². The van der Waals surface area contributed by atoms with Gasteiger partial charge in [0.1, 0.15) is 5.75 Å². The zero-order valence-electron chi connectivity index (χ0n) is 9.77. The Bertz CT molecular complexity index is 390. The van der Waals surface area contributed by atoms with Crippen molar-refractivity contribution in [2.24, 2.45) is 0 Å². The Morgan fingerprint density at radius 3 is 2.71 bits per heavy atom. The molecule has 1 atom stereocenters. The molecule has 0 saturated heterocycles. The van der Waals surface area contributed by atoms with Gasteiger partial charge in [-0.05, 0) is 28.1 Å². The third-order valence-corrected chi connectivity index (χ3v) is 2.69. The summed E-state index contributed by atoms with van der Waals surface area (Å²) in [5.41, 5.74) is 0. The molecule has 1 N–H and O–H groups in total. The van der Waals surface area contributed by atoms with Crippen molar-refractivity contribution in [3.8, 4) is 5.75 Å². The summed E-state index contributed by atoms with van der Waals surface area (Å²) in [6, 6.07) is 7.22. The molecule has 1 unspecified atom stereocenters. The minimum Gasteiger partial charge on any atom is -0.466 e. The van der Waals surface area contributed by atoms with Gasteiger partial charge in [0.25, 0.3) is 0 Å². The van der Waals surface area contributed by atoms with E-state index in [-0.39, 0.29) is 19.0 Å². The van der Waals surface area contributed by atoms with Crippen molar-refractivity contribution >= 4 is 21.9 Å². The maximum absolute atomic E-state index is 10.6. The topological polar surface area (TPSA) is 55.8 Å². The number of para-hydroxylation sites is 1. The summed E-state index contributed by atoms with van der Waals surface area (Å²) in [7, 11) is 0. The van der Waals surface area contributed by atoms with Gasteiger partial charge in [-0.15, -0.1) is 0 Å². The highest BCUT2D eigenvalue weighted by molar-refractivity contribution is 9.10. The van der Waals surface area contributed by atoms with Crippen LogP contribution < -0.4 is 4.74 Å². The zero-order chi connectivity index (χ0) is 12.9. The van der Waals surface area contributed by atoms with Crippen LogP contribution >= 0.6 is 15.9 Å². The van der Waals surface area contributed by atoms with Crippen molar-refractivity contribution in [2.45, 2.75) is 26.1 Å². The van der Waals surface area contributed by atoms with E-state index < -0.39 is 5.79 Å². The molecule has 0 saturated carbocycles. The largest absolute Gasteiger partial charge is 0.466 e. The minimum atomic E-state index is -1.38. The number of carbonyl (C=O) groups excluding carboxylic acids is 1.